The predicted molar refractivity (Wildman–Crippen MR) is 76.6 cm³/mol. The van der Waals surface area contributed by atoms with E-state index in [1.54, 1.807) is 7.11 Å². The Balaban J connectivity index is 1.83. The number of carbonyl (C=O) groups is 1. The molecule has 1 saturated heterocycles. The fourth-order valence-corrected chi connectivity index (χ4v) is 4.51. The van der Waals surface area contributed by atoms with Gasteiger partial charge in [-0.05, 0) is 50.4 Å². The van der Waals surface area contributed by atoms with Crippen molar-refractivity contribution in [3.05, 3.63) is 0 Å². The van der Waals surface area contributed by atoms with Crippen LogP contribution in [-0.2, 0) is 9.53 Å². The molecule has 20 heavy (non-hydrogen) atoms. The number of ether oxygens (including phenoxy) is 1. The van der Waals surface area contributed by atoms with Crippen molar-refractivity contribution < 1.29 is 14.6 Å². The fourth-order valence-electron chi connectivity index (χ4n) is 4.51. The molecule has 0 aromatic rings. The van der Waals surface area contributed by atoms with Crippen LogP contribution in [0.15, 0.2) is 0 Å². The first-order valence-electron chi connectivity index (χ1n) is 8.21. The Morgan fingerprint density at radius 1 is 1.20 bits per heavy atom. The molecule has 4 unspecified atom stereocenters. The van der Waals surface area contributed by atoms with Crippen LogP contribution in [0.1, 0.15) is 51.4 Å². The minimum atomic E-state index is -0.629. The first-order chi connectivity index (χ1) is 9.72. The quantitative estimate of drug-likeness (QED) is 0.841. The van der Waals surface area contributed by atoms with E-state index in [9.17, 15) is 9.90 Å². The van der Waals surface area contributed by atoms with Gasteiger partial charge in [0.25, 0.3) is 0 Å². The average molecular weight is 281 g/mol. The molecule has 1 N–H and O–H groups in total. The van der Waals surface area contributed by atoms with Crippen LogP contribution in [0, 0.1) is 11.8 Å². The highest BCUT2D eigenvalue weighted by atomic mass is 16.5. The van der Waals surface area contributed by atoms with Gasteiger partial charge in [0, 0.05) is 19.2 Å². The number of carboxylic acid groups (broad SMARTS) is 1. The lowest BCUT2D eigenvalue weighted by atomic mass is 9.75. The number of likely N-dealkylation sites (tertiary alicyclic amines) is 1. The molecule has 0 aromatic heterocycles. The van der Waals surface area contributed by atoms with Crippen molar-refractivity contribution in [3.8, 4) is 0 Å². The van der Waals surface area contributed by atoms with E-state index in [1.807, 2.05) is 0 Å². The third-order valence-corrected chi connectivity index (χ3v) is 5.59. The Morgan fingerprint density at radius 3 is 2.60 bits per heavy atom. The Kier molecular flexibility index (Phi) is 4.32. The summed E-state index contributed by atoms with van der Waals surface area (Å²) < 4.78 is 5.43. The standard InChI is InChI=1S/C16H27NO3/c1-20-10-15(12-6-7-12)17-13-5-3-2-4-11(13)8-9-14(17)16(18)19/h11-15H,2-10H2,1H3,(H,18,19). The number of methoxy groups -OCH3 is 1. The number of carboxylic acids is 1. The van der Waals surface area contributed by atoms with Gasteiger partial charge in [0.1, 0.15) is 6.04 Å². The summed E-state index contributed by atoms with van der Waals surface area (Å²) in [5.41, 5.74) is 0. The zero-order valence-electron chi connectivity index (χ0n) is 12.5. The highest BCUT2D eigenvalue weighted by Crippen LogP contribution is 2.44. The lowest BCUT2D eigenvalue weighted by Gasteiger charge is -2.50. The van der Waals surface area contributed by atoms with Crippen LogP contribution >= 0.6 is 0 Å². The van der Waals surface area contributed by atoms with Gasteiger partial charge in [0.05, 0.1) is 6.61 Å². The zero-order chi connectivity index (χ0) is 14.1. The Bertz CT molecular complexity index is 352. The van der Waals surface area contributed by atoms with Crippen LogP contribution in [0.2, 0.25) is 0 Å². The molecule has 2 aliphatic carbocycles. The summed E-state index contributed by atoms with van der Waals surface area (Å²) in [6.07, 6.45) is 9.47. The molecule has 4 nitrogen and oxygen atoms in total. The monoisotopic (exact) mass is 281 g/mol. The van der Waals surface area contributed by atoms with E-state index in [0.29, 0.717) is 24.6 Å². The van der Waals surface area contributed by atoms with Gasteiger partial charge >= 0.3 is 5.97 Å². The van der Waals surface area contributed by atoms with Crippen molar-refractivity contribution in [2.75, 3.05) is 13.7 Å². The second-order valence-corrected chi connectivity index (χ2v) is 6.85. The molecular weight excluding hydrogens is 254 g/mol. The molecule has 3 aliphatic rings. The maximum Gasteiger partial charge on any atom is 0.320 e. The lowest BCUT2D eigenvalue weighted by Crippen LogP contribution is -2.60. The molecule has 0 bridgehead atoms. The van der Waals surface area contributed by atoms with Gasteiger partial charge in [0.2, 0.25) is 0 Å². The number of piperidine rings is 1. The molecule has 1 heterocycles. The van der Waals surface area contributed by atoms with Crippen LogP contribution in [0.25, 0.3) is 0 Å². The molecule has 0 amide bonds. The summed E-state index contributed by atoms with van der Waals surface area (Å²) >= 11 is 0. The largest absolute Gasteiger partial charge is 0.480 e. The molecule has 4 heteroatoms. The first kappa shape index (κ1) is 14.3. The molecule has 2 saturated carbocycles. The third-order valence-electron chi connectivity index (χ3n) is 5.59. The van der Waals surface area contributed by atoms with Crippen molar-refractivity contribution in [3.63, 3.8) is 0 Å². The molecular formula is C16H27NO3. The summed E-state index contributed by atoms with van der Waals surface area (Å²) in [4.78, 5) is 14.1. The van der Waals surface area contributed by atoms with E-state index >= 15 is 0 Å². The van der Waals surface area contributed by atoms with Gasteiger partial charge in [-0.2, -0.15) is 0 Å². The van der Waals surface area contributed by atoms with Crippen molar-refractivity contribution in [2.45, 2.75) is 69.5 Å². The van der Waals surface area contributed by atoms with E-state index in [1.165, 1.54) is 38.5 Å². The van der Waals surface area contributed by atoms with Gasteiger partial charge in [-0.3, -0.25) is 9.69 Å². The minimum absolute atomic E-state index is 0.282. The maximum absolute atomic E-state index is 11.7. The number of rotatable bonds is 5. The number of hydrogen-bond acceptors (Lipinski definition) is 3. The lowest BCUT2D eigenvalue weighted by molar-refractivity contribution is -0.152. The molecule has 114 valence electrons. The molecule has 0 aromatic carbocycles. The van der Waals surface area contributed by atoms with Crippen LogP contribution in [0.5, 0.6) is 0 Å². The van der Waals surface area contributed by atoms with Crippen LogP contribution < -0.4 is 0 Å². The summed E-state index contributed by atoms with van der Waals surface area (Å²) in [7, 11) is 1.74. The second-order valence-electron chi connectivity index (χ2n) is 6.85. The third kappa shape index (κ3) is 2.73. The minimum Gasteiger partial charge on any atom is -0.480 e. The number of fused-ring (bicyclic) bond motifs is 1. The van der Waals surface area contributed by atoms with Gasteiger partial charge in [-0.1, -0.05) is 12.8 Å². The van der Waals surface area contributed by atoms with Crippen LogP contribution in [-0.4, -0.2) is 47.8 Å². The molecule has 0 spiro atoms. The van der Waals surface area contributed by atoms with E-state index < -0.39 is 5.97 Å². The smallest absolute Gasteiger partial charge is 0.320 e. The highest BCUT2D eigenvalue weighted by Gasteiger charge is 2.48. The summed E-state index contributed by atoms with van der Waals surface area (Å²) in [6, 6.07) is 0.529. The number of nitrogens with zero attached hydrogens (tertiary/aromatic N) is 1. The SMILES string of the molecule is COCC(C1CC1)N1C(C(=O)O)CCC2CCCCC21. The van der Waals surface area contributed by atoms with Gasteiger partial charge in [0.15, 0.2) is 0 Å². The van der Waals surface area contributed by atoms with Crippen LogP contribution in [0.3, 0.4) is 0 Å². The molecule has 4 atom stereocenters. The van der Waals surface area contributed by atoms with E-state index in [-0.39, 0.29) is 6.04 Å². The van der Waals surface area contributed by atoms with Crippen LogP contribution in [0.4, 0.5) is 0 Å². The summed E-state index contributed by atoms with van der Waals surface area (Å²) in [6.45, 7) is 0.692. The van der Waals surface area contributed by atoms with Crippen molar-refractivity contribution in [2.24, 2.45) is 11.8 Å². The topological polar surface area (TPSA) is 49.8 Å². The van der Waals surface area contributed by atoms with Crippen molar-refractivity contribution in [1.82, 2.24) is 4.90 Å². The molecule has 3 rings (SSSR count). The first-order valence-corrected chi connectivity index (χ1v) is 8.21. The average Bonchev–Trinajstić information content (AvgIpc) is 3.28. The number of hydrogen-bond donors (Lipinski definition) is 1. The highest BCUT2D eigenvalue weighted by molar-refractivity contribution is 5.73. The molecule has 0 radical (unpaired) electrons. The fraction of sp³-hybridized carbons (Fsp3) is 0.938. The second kappa shape index (κ2) is 6.02. The van der Waals surface area contributed by atoms with Crippen molar-refractivity contribution in [1.29, 1.82) is 0 Å². The van der Waals surface area contributed by atoms with Gasteiger partial charge in [-0.25, -0.2) is 0 Å². The summed E-state index contributed by atoms with van der Waals surface area (Å²) in [5.74, 6) is 0.755. The molecule has 1 aliphatic heterocycles. The predicted octanol–water partition coefficient (Wildman–Crippen LogP) is 2.52. The number of aliphatic carboxylic acids is 1. The Hall–Kier alpha value is -0.610. The Morgan fingerprint density at radius 2 is 1.95 bits per heavy atom. The van der Waals surface area contributed by atoms with E-state index in [0.717, 1.165) is 18.8 Å². The zero-order valence-corrected chi connectivity index (χ0v) is 12.5. The van der Waals surface area contributed by atoms with Gasteiger partial charge < -0.3 is 9.84 Å². The van der Waals surface area contributed by atoms with Crippen molar-refractivity contribution >= 4 is 5.97 Å². The Labute approximate surface area is 121 Å². The summed E-state index contributed by atoms with van der Waals surface area (Å²) in [5, 5.41) is 9.64. The van der Waals surface area contributed by atoms with E-state index in [4.69, 9.17) is 4.74 Å². The maximum atomic E-state index is 11.7. The normalized spacial score (nSPS) is 36.4. The van der Waals surface area contributed by atoms with Gasteiger partial charge in [-0.15, -0.1) is 0 Å². The van der Waals surface area contributed by atoms with E-state index in [2.05, 4.69) is 4.90 Å². The molecule has 3 fully saturated rings.